The molecule has 2 aromatic heterocycles. The summed E-state index contributed by atoms with van der Waals surface area (Å²) in [6, 6.07) is 11.0. The smallest absolute Gasteiger partial charge is 0.337 e. The molecule has 1 atom stereocenters. The van der Waals surface area contributed by atoms with Gasteiger partial charge in [0.15, 0.2) is 5.65 Å². The highest BCUT2D eigenvalue weighted by molar-refractivity contribution is 5.76. The minimum atomic E-state index is -0.359. The van der Waals surface area contributed by atoms with Crippen molar-refractivity contribution in [3.05, 3.63) is 70.5 Å². The maximum atomic E-state index is 13.0. The molecule has 0 fully saturated rings. The van der Waals surface area contributed by atoms with E-state index in [1.807, 2.05) is 6.92 Å². The summed E-state index contributed by atoms with van der Waals surface area (Å²) in [5.41, 5.74) is 0.945. The van der Waals surface area contributed by atoms with Gasteiger partial charge in [-0.05, 0) is 36.8 Å². The fraction of sp³-hybridized carbons (Fsp3) is 0.235. The second-order valence-corrected chi connectivity index (χ2v) is 5.60. The predicted octanol–water partition coefficient (Wildman–Crippen LogP) is 1.85. The lowest BCUT2D eigenvalue weighted by Gasteiger charge is -2.25. The number of pyridine rings is 1. The SMILES string of the molecule is CC(c1ccc(F)cc1)N(C)C(=O)Cn1nc2ccccn2c1=O. The molecule has 1 unspecified atom stereocenters. The molecule has 7 heteroatoms. The summed E-state index contributed by atoms with van der Waals surface area (Å²) in [6.07, 6.45) is 1.61. The first-order valence-electron chi connectivity index (χ1n) is 7.52. The first kappa shape index (κ1) is 15.9. The summed E-state index contributed by atoms with van der Waals surface area (Å²) in [4.78, 5) is 26.2. The van der Waals surface area contributed by atoms with Gasteiger partial charge in [-0.2, -0.15) is 0 Å². The van der Waals surface area contributed by atoms with Crippen molar-refractivity contribution in [3.63, 3.8) is 0 Å². The van der Waals surface area contributed by atoms with E-state index in [9.17, 15) is 14.0 Å². The van der Waals surface area contributed by atoms with E-state index < -0.39 is 0 Å². The van der Waals surface area contributed by atoms with Crippen molar-refractivity contribution in [2.24, 2.45) is 0 Å². The zero-order valence-electron chi connectivity index (χ0n) is 13.4. The molecule has 24 heavy (non-hydrogen) atoms. The van der Waals surface area contributed by atoms with Gasteiger partial charge < -0.3 is 4.90 Å². The Kier molecular flexibility index (Phi) is 4.16. The van der Waals surface area contributed by atoms with E-state index in [1.54, 1.807) is 43.6 Å². The van der Waals surface area contributed by atoms with Crippen LogP contribution in [-0.2, 0) is 11.3 Å². The third-order valence-electron chi connectivity index (χ3n) is 4.10. The highest BCUT2D eigenvalue weighted by Gasteiger charge is 2.19. The number of amides is 1. The van der Waals surface area contributed by atoms with Gasteiger partial charge in [-0.15, -0.1) is 5.10 Å². The van der Waals surface area contributed by atoms with E-state index in [2.05, 4.69) is 5.10 Å². The van der Waals surface area contributed by atoms with Gasteiger partial charge in [-0.25, -0.2) is 13.9 Å². The monoisotopic (exact) mass is 328 g/mol. The van der Waals surface area contributed by atoms with Crippen LogP contribution in [0, 0.1) is 5.82 Å². The summed E-state index contributed by atoms with van der Waals surface area (Å²) in [7, 11) is 1.65. The normalized spacial score (nSPS) is 12.3. The van der Waals surface area contributed by atoms with Crippen molar-refractivity contribution in [2.45, 2.75) is 19.5 Å². The lowest BCUT2D eigenvalue weighted by Crippen LogP contribution is -2.35. The number of rotatable bonds is 4. The average Bonchev–Trinajstić information content (AvgIpc) is 2.90. The van der Waals surface area contributed by atoms with Crippen LogP contribution in [-0.4, -0.2) is 32.0 Å². The zero-order valence-corrected chi connectivity index (χ0v) is 13.4. The predicted molar refractivity (Wildman–Crippen MR) is 87.0 cm³/mol. The number of carbonyl (C=O) groups is 1. The highest BCUT2D eigenvalue weighted by atomic mass is 19.1. The molecule has 0 radical (unpaired) electrons. The van der Waals surface area contributed by atoms with Crippen molar-refractivity contribution in [2.75, 3.05) is 7.05 Å². The summed E-state index contributed by atoms with van der Waals surface area (Å²) in [5.74, 6) is -0.575. The first-order chi connectivity index (χ1) is 11.5. The molecule has 124 valence electrons. The zero-order chi connectivity index (χ0) is 17.3. The Bertz CT molecular complexity index is 930. The van der Waals surface area contributed by atoms with Gasteiger partial charge in [0.25, 0.3) is 0 Å². The van der Waals surface area contributed by atoms with Gasteiger partial charge in [0.05, 0.1) is 6.04 Å². The second kappa shape index (κ2) is 6.27. The van der Waals surface area contributed by atoms with E-state index >= 15 is 0 Å². The molecule has 0 aliphatic carbocycles. The molecule has 0 N–H and O–H groups in total. The van der Waals surface area contributed by atoms with Crippen molar-refractivity contribution >= 4 is 11.6 Å². The molecule has 2 heterocycles. The Hall–Kier alpha value is -2.96. The third kappa shape index (κ3) is 2.92. The van der Waals surface area contributed by atoms with E-state index in [0.717, 1.165) is 10.2 Å². The molecule has 0 bridgehead atoms. The van der Waals surface area contributed by atoms with Crippen molar-refractivity contribution in [1.29, 1.82) is 0 Å². The van der Waals surface area contributed by atoms with Crippen molar-refractivity contribution in [1.82, 2.24) is 19.1 Å². The Morgan fingerprint density at radius 1 is 1.25 bits per heavy atom. The number of nitrogens with zero attached hydrogens (tertiary/aromatic N) is 4. The third-order valence-corrected chi connectivity index (χ3v) is 4.10. The van der Waals surface area contributed by atoms with Crippen molar-refractivity contribution in [3.8, 4) is 0 Å². The average molecular weight is 328 g/mol. The fourth-order valence-electron chi connectivity index (χ4n) is 2.49. The Morgan fingerprint density at radius 3 is 2.62 bits per heavy atom. The number of carbonyl (C=O) groups excluding carboxylic acids is 1. The van der Waals surface area contributed by atoms with Crippen LogP contribution in [0.15, 0.2) is 53.5 Å². The van der Waals surface area contributed by atoms with Crippen LogP contribution in [0.5, 0.6) is 0 Å². The van der Waals surface area contributed by atoms with E-state index in [-0.39, 0.29) is 30.0 Å². The van der Waals surface area contributed by atoms with E-state index in [1.165, 1.54) is 21.4 Å². The number of benzene rings is 1. The van der Waals surface area contributed by atoms with Gasteiger partial charge in [-0.3, -0.25) is 9.20 Å². The molecule has 3 aromatic rings. The van der Waals surface area contributed by atoms with Gasteiger partial charge in [0.2, 0.25) is 5.91 Å². The number of aromatic nitrogens is 3. The molecule has 6 nitrogen and oxygen atoms in total. The summed E-state index contributed by atoms with van der Waals surface area (Å²) < 4.78 is 15.5. The van der Waals surface area contributed by atoms with Crippen LogP contribution >= 0.6 is 0 Å². The summed E-state index contributed by atoms with van der Waals surface area (Å²) in [6.45, 7) is 1.69. The molecular weight excluding hydrogens is 311 g/mol. The standard InChI is InChI=1S/C17H17FN4O2/c1-12(13-6-8-14(18)9-7-13)20(2)16(23)11-22-17(24)21-10-4-3-5-15(21)19-22/h3-10,12H,11H2,1-2H3. The number of halogens is 1. The molecule has 1 amide bonds. The summed E-state index contributed by atoms with van der Waals surface area (Å²) in [5, 5.41) is 4.15. The molecule has 0 spiro atoms. The molecular formula is C17H17FN4O2. The summed E-state index contributed by atoms with van der Waals surface area (Å²) >= 11 is 0. The minimum Gasteiger partial charge on any atom is -0.337 e. The van der Waals surface area contributed by atoms with Gasteiger partial charge >= 0.3 is 5.69 Å². The number of fused-ring (bicyclic) bond motifs is 1. The Labute approximate surface area is 137 Å². The quantitative estimate of drug-likeness (QED) is 0.734. The van der Waals surface area contributed by atoms with Crippen LogP contribution in [0.4, 0.5) is 4.39 Å². The lowest BCUT2D eigenvalue weighted by atomic mass is 10.1. The first-order valence-corrected chi connectivity index (χ1v) is 7.52. The van der Waals surface area contributed by atoms with E-state index in [0.29, 0.717) is 5.65 Å². The molecule has 0 aliphatic heterocycles. The van der Waals surface area contributed by atoms with Crippen LogP contribution < -0.4 is 5.69 Å². The molecule has 3 rings (SSSR count). The minimum absolute atomic E-state index is 0.150. The van der Waals surface area contributed by atoms with Crippen LogP contribution in [0.2, 0.25) is 0 Å². The lowest BCUT2D eigenvalue weighted by molar-refractivity contribution is -0.132. The van der Waals surface area contributed by atoms with Gasteiger partial charge in [0.1, 0.15) is 12.4 Å². The highest BCUT2D eigenvalue weighted by Crippen LogP contribution is 2.19. The topological polar surface area (TPSA) is 59.6 Å². The number of hydrogen-bond donors (Lipinski definition) is 0. The Morgan fingerprint density at radius 2 is 1.96 bits per heavy atom. The van der Waals surface area contributed by atoms with E-state index in [4.69, 9.17) is 0 Å². The number of likely N-dealkylation sites (N-methyl/N-ethyl adjacent to an activating group) is 1. The maximum Gasteiger partial charge on any atom is 0.350 e. The van der Waals surface area contributed by atoms with Gasteiger partial charge in [0, 0.05) is 13.2 Å². The number of hydrogen-bond acceptors (Lipinski definition) is 3. The fourth-order valence-corrected chi connectivity index (χ4v) is 2.49. The maximum absolute atomic E-state index is 13.0. The molecule has 0 aliphatic rings. The van der Waals surface area contributed by atoms with Crippen LogP contribution in [0.3, 0.4) is 0 Å². The molecule has 1 aromatic carbocycles. The van der Waals surface area contributed by atoms with Gasteiger partial charge in [-0.1, -0.05) is 18.2 Å². The van der Waals surface area contributed by atoms with Crippen LogP contribution in [0.25, 0.3) is 5.65 Å². The van der Waals surface area contributed by atoms with Crippen LogP contribution in [0.1, 0.15) is 18.5 Å². The largest absolute Gasteiger partial charge is 0.350 e. The molecule has 0 saturated carbocycles. The Balaban J connectivity index is 1.79. The molecule has 0 saturated heterocycles. The second-order valence-electron chi connectivity index (χ2n) is 5.60. The van der Waals surface area contributed by atoms with Crippen molar-refractivity contribution < 1.29 is 9.18 Å².